The van der Waals surface area contributed by atoms with Crippen LogP contribution in [0.1, 0.15) is 11.1 Å². The zero-order valence-corrected chi connectivity index (χ0v) is 11.2. The monoisotopic (exact) mass is 254 g/mol. The number of nitrogens with two attached hydrogens (primary N) is 1. The van der Waals surface area contributed by atoms with Crippen molar-refractivity contribution in [2.75, 3.05) is 25.1 Å². The number of anilines is 2. The molecule has 0 saturated carbocycles. The molecule has 0 amide bonds. The van der Waals surface area contributed by atoms with Crippen molar-refractivity contribution in [1.82, 2.24) is 5.32 Å². The van der Waals surface area contributed by atoms with Gasteiger partial charge < -0.3 is 21.8 Å². The number of likely N-dealkylation sites (N-methyl/N-ethyl adjacent to an activating group) is 1. The minimum absolute atomic E-state index is 0.0675. The third-order valence-electron chi connectivity index (χ3n) is 3.93. The average Bonchev–Trinajstić information content (AvgIpc) is 2.42. The van der Waals surface area contributed by atoms with E-state index in [1.165, 1.54) is 5.56 Å². The smallest absolute Gasteiger partial charge is 0.0651 e. The summed E-state index contributed by atoms with van der Waals surface area (Å²) in [5, 5.41) is 17.0. The molecule has 0 spiro atoms. The molecule has 3 rings (SSSR count). The molecule has 1 atom stereocenters. The molecule has 0 bridgehead atoms. The van der Waals surface area contributed by atoms with Crippen LogP contribution in [-0.2, 0) is 6.42 Å². The van der Waals surface area contributed by atoms with Gasteiger partial charge in [-0.3, -0.25) is 0 Å². The lowest BCUT2D eigenvalue weighted by atomic mass is 9.83. The van der Waals surface area contributed by atoms with Gasteiger partial charge in [0.15, 0.2) is 0 Å². The Morgan fingerprint density at radius 1 is 1.32 bits per heavy atom. The second kappa shape index (κ2) is 4.24. The lowest BCUT2D eigenvalue weighted by molar-refractivity contribution is 0.691. The Labute approximate surface area is 112 Å². The lowest BCUT2D eigenvalue weighted by Gasteiger charge is -2.27. The van der Waals surface area contributed by atoms with E-state index < -0.39 is 0 Å². The van der Waals surface area contributed by atoms with Gasteiger partial charge in [0.25, 0.3) is 0 Å². The van der Waals surface area contributed by atoms with Crippen molar-refractivity contribution in [3.05, 3.63) is 35.4 Å². The number of hydrogen-bond acceptors (Lipinski definition) is 4. The van der Waals surface area contributed by atoms with Gasteiger partial charge in [-0.25, -0.2) is 0 Å². The van der Waals surface area contributed by atoms with E-state index in [0.717, 1.165) is 34.1 Å². The molecule has 2 aromatic rings. The number of nitrogen functional groups attached to an aromatic ring is 1. The molecule has 0 saturated heterocycles. The SMILES string of the molecule is CNc1c(N)cc2c3c(cccc13)C(=N)C(NC)C2. The van der Waals surface area contributed by atoms with Gasteiger partial charge in [0.1, 0.15) is 0 Å². The van der Waals surface area contributed by atoms with Crippen molar-refractivity contribution in [3.8, 4) is 0 Å². The van der Waals surface area contributed by atoms with Crippen LogP contribution in [0.4, 0.5) is 11.4 Å². The third kappa shape index (κ3) is 1.60. The molecule has 4 nitrogen and oxygen atoms in total. The Bertz CT molecular complexity index is 675. The summed E-state index contributed by atoms with van der Waals surface area (Å²) in [4.78, 5) is 0. The van der Waals surface area contributed by atoms with Gasteiger partial charge in [0.2, 0.25) is 0 Å². The molecule has 1 unspecified atom stereocenters. The fraction of sp³-hybridized carbons (Fsp3) is 0.267. The summed E-state index contributed by atoms with van der Waals surface area (Å²) in [6.07, 6.45) is 0.817. The van der Waals surface area contributed by atoms with E-state index in [0.29, 0.717) is 5.71 Å². The Hall–Kier alpha value is -2.07. The van der Waals surface area contributed by atoms with E-state index in [-0.39, 0.29) is 6.04 Å². The van der Waals surface area contributed by atoms with Gasteiger partial charge in [-0.1, -0.05) is 18.2 Å². The van der Waals surface area contributed by atoms with Crippen LogP contribution in [0.3, 0.4) is 0 Å². The molecule has 19 heavy (non-hydrogen) atoms. The van der Waals surface area contributed by atoms with Crippen LogP contribution in [0.25, 0.3) is 10.8 Å². The fourth-order valence-corrected chi connectivity index (χ4v) is 3.01. The molecule has 0 aliphatic heterocycles. The molecule has 0 radical (unpaired) electrons. The van der Waals surface area contributed by atoms with E-state index >= 15 is 0 Å². The Morgan fingerprint density at radius 3 is 2.79 bits per heavy atom. The highest BCUT2D eigenvalue weighted by Gasteiger charge is 2.25. The third-order valence-corrected chi connectivity index (χ3v) is 3.93. The molecular weight excluding hydrogens is 236 g/mol. The predicted octanol–water partition coefficient (Wildman–Crippen LogP) is 1.98. The predicted molar refractivity (Wildman–Crippen MR) is 81.3 cm³/mol. The Morgan fingerprint density at radius 2 is 2.11 bits per heavy atom. The molecule has 1 aliphatic carbocycles. The second-order valence-electron chi connectivity index (χ2n) is 4.94. The molecule has 4 heteroatoms. The lowest BCUT2D eigenvalue weighted by Crippen LogP contribution is -2.38. The summed E-state index contributed by atoms with van der Waals surface area (Å²) in [6.45, 7) is 0. The van der Waals surface area contributed by atoms with Crippen LogP contribution in [0.5, 0.6) is 0 Å². The van der Waals surface area contributed by atoms with Crippen LogP contribution in [0, 0.1) is 5.41 Å². The summed E-state index contributed by atoms with van der Waals surface area (Å²) < 4.78 is 0. The molecule has 2 aromatic carbocycles. The number of nitrogens with one attached hydrogen (secondary N) is 3. The molecule has 98 valence electrons. The van der Waals surface area contributed by atoms with Crippen LogP contribution in [0.2, 0.25) is 0 Å². The zero-order valence-electron chi connectivity index (χ0n) is 11.2. The fourth-order valence-electron chi connectivity index (χ4n) is 3.01. The largest absolute Gasteiger partial charge is 0.397 e. The van der Waals surface area contributed by atoms with Crippen molar-refractivity contribution in [2.45, 2.75) is 12.5 Å². The zero-order chi connectivity index (χ0) is 13.6. The van der Waals surface area contributed by atoms with E-state index in [1.807, 2.05) is 32.3 Å². The standard InChI is InChI=1S/C15H18N4/c1-18-12-7-8-6-11(16)15(19-2)10-5-3-4-9(13(8)10)14(12)17/h3-6,12,17-19H,7,16H2,1-2H3. The van der Waals surface area contributed by atoms with Crippen LogP contribution < -0.4 is 16.4 Å². The maximum atomic E-state index is 8.33. The molecule has 5 N–H and O–H groups in total. The van der Waals surface area contributed by atoms with E-state index in [4.69, 9.17) is 11.1 Å². The topological polar surface area (TPSA) is 73.9 Å². The van der Waals surface area contributed by atoms with Gasteiger partial charge in [-0.15, -0.1) is 0 Å². The highest BCUT2D eigenvalue weighted by Crippen LogP contribution is 2.37. The first-order valence-electron chi connectivity index (χ1n) is 6.45. The average molecular weight is 254 g/mol. The highest BCUT2D eigenvalue weighted by molar-refractivity contribution is 6.18. The Kier molecular flexibility index (Phi) is 2.68. The normalized spacial score (nSPS) is 17.8. The van der Waals surface area contributed by atoms with Crippen molar-refractivity contribution < 1.29 is 0 Å². The van der Waals surface area contributed by atoms with Gasteiger partial charge in [-0.05, 0) is 30.5 Å². The maximum Gasteiger partial charge on any atom is 0.0651 e. The van der Waals surface area contributed by atoms with E-state index in [9.17, 15) is 0 Å². The number of hydrogen-bond donors (Lipinski definition) is 4. The summed E-state index contributed by atoms with van der Waals surface area (Å²) >= 11 is 0. The van der Waals surface area contributed by atoms with Crippen LogP contribution >= 0.6 is 0 Å². The van der Waals surface area contributed by atoms with Crippen molar-refractivity contribution in [2.24, 2.45) is 0 Å². The van der Waals surface area contributed by atoms with Gasteiger partial charge in [-0.2, -0.15) is 0 Å². The molecule has 0 aromatic heterocycles. The first-order chi connectivity index (χ1) is 9.17. The highest BCUT2D eigenvalue weighted by atomic mass is 14.9. The quantitative estimate of drug-likeness (QED) is 0.619. The summed E-state index contributed by atoms with van der Waals surface area (Å²) in [5.74, 6) is 0. The summed E-state index contributed by atoms with van der Waals surface area (Å²) in [6, 6.07) is 8.19. The summed E-state index contributed by atoms with van der Waals surface area (Å²) in [7, 11) is 3.78. The maximum absolute atomic E-state index is 8.33. The van der Waals surface area contributed by atoms with E-state index in [1.54, 1.807) is 0 Å². The second-order valence-corrected chi connectivity index (χ2v) is 4.94. The number of rotatable bonds is 2. The van der Waals surface area contributed by atoms with Crippen molar-refractivity contribution >= 4 is 27.9 Å². The van der Waals surface area contributed by atoms with Crippen molar-refractivity contribution in [3.63, 3.8) is 0 Å². The van der Waals surface area contributed by atoms with Gasteiger partial charge >= 0.3 is 0 Å². The Balaban J connectivity index is 2.39. The molecule has 0 fully saturated rings. The minimum Gasteiger partial charge on any atom is -0.397 e. The van der Waals surface area contributed by atoms with Gasteiger partial charge in [0, 0.05) is 18.0 Å². The number of benzene rings is 2. The van der Waals surface area contributed by atoms with E-state index in [2.05, 4.69) is 16.7 Å². The molecule has 1 aliphatic rings. The first kappa shape index (κ1) is 12.0. The summed E-state index contributed by atoms with van der Waals surface area (Å²) in [5.41, 5.74) is 10.7. The first-order valence-corrected chi connectivity index (χ1v) is 6.45. The molecular formula is C15H18N4. The van der Waals surface area contributed by atoms with Crippen molar-refractivity contribution in [1.29, 1.82) is 5.41 Å². The van der Waals surface area contributed by atoms with Crippen LogP contribution in [-0.4, -0.2) is 25.8 Å². The molecule has 0 heterocycles. The van der Waals surface area contributed by atoms with Gasteiger partial charge in [0.05, 0.1) is 23.1 Å². The minimum atomic E-state index is 0.0675. The van der Waals surface area contributed by atoms with Crippen LogP contribution in [0.15, 0.2) is 24.3 Å².